The summed E-state index contributed by atoms with van der Waals surface area (Å²) in [5, 5.41) is 0. The number of allylic oxidation sites excluding steroid dienone is 1. The number of ether oxygens (including phenoxy) is 1. The largest absolute Gasteiger partial charge is 0.453 e. The van der Waals surface area contributed by atoms with Crippen molar-refractivity contribution in [3.05, 3.63) is 59.8 Å². The first-order valence-electron chi connectivity index (χ1n) is 14.6. The average Bonchev–Trinajstić information content (AvgIpc) is 2.92. The van der Waals surface area contributed by atoms with Crippen LogP contribution < -0.4 is 9.64 Å². The smallest absolute Gasteiger partial charge is 0.151 e. The first-order chi connectivity index (χ1) is 17.1. The maximum absolute atomic E-state index is 6.72. The zero-order valence-electron chi connectivity index (χ0n) is 24.6. The van der Waals surface area contributed by atoms with Crippen molar-refractivity contribution >= 4 is 11.4 Å². The van der Waals surface area contributed by atoms with E-state index in [-0.39, 0.29) is 10.8 Å². The number of nitrogens with zero attached hydrogens (tertiary/aromatic N) is 1. The van der Waals surface area contributed by atoms with Gasteiger partial charge in [-0.25, -0.2) is 0 Å². The Bertz CT molecular complexity index is 976. The molecular formula is C34H51NO. The first-order valence-corrected chi connectivity index (χ1v) is 14.6. The van der Waals surface area contributed by atoms with Crippen LogP contribution in [-0.4, -0.2) is 0 Å². The molecule has 1 aliphatic rings. The van der Waals surface area contributed by atoms with Crippen LogP contribution in [0.4, 0.5) is 11.4 Å². The fraction of sp³-hybridized carbons (Fsp3) is 0.588. The van der Waals surface area contributed by atoms with Crippen molar-refractivity contribution in [2.75, 3.05) is 4.90 Å². The van der Waals surface area contributed by atoms with E-state index in [1.165, 1.54) is 24.0 Å². The van der Waals surface area contributed by atoms with Crippen LogP contribution in [0.25, 0.3) is 0 Å². The van der Waals surface area contributed by atoms with Crippen LogP contribution in [0.15, 0.2) is 48.7 Å². The lowest BCUT2D eigenvalue weighted by atomic mass is 9.77. The second kappa shape index (κ2) is 11.4. The van der Waals surface area contributed by atoms with E-state index in [1.807, 2.05) is 0 Å². The van der Waals surface area contributed by atoms with E-state index in [2.05, 4.69) is 110 Å². The molecule has 0 bridgehead atoms. The summed E-state index contributed by atoms with van der Waals surface area (Å²) < 4.78 is 6.72. The average molecular weight is 490 g/mol. The molecule has 0 saturated heterocycles. The molecule has 0 spiro atoms. The molecule has 1 heterocycles. The zero-order valence-corrected chi connectivity index (χ0v) is 24.6. The summed E-state index contributed by atoms with van der Waals surface area (Å²) >= 11 is 0. The standard InChI is InChI=1S/C34H51NO/c1-11-24(7)26(12-2)21-25(8)35-29-19-17-27(33(9,13-3)14-4)22-31(29)36-32-23-28(18-20-30(32)35)34(10,15-5)16-6/h17-20,22-24,26H,8,11-16,21H2,1-7,9-10H3/t24-,26?/m0/s1. The molecule has 0 amide bonds. The summed E-state index contributed by atoms with van der Waals surface area (Å²) in [5.74, 6) is 3.22. The first kappa shape index (κ1) is 28.4. The molecule has 0 fully saturated rings. The van der Waals surface area contributed by atoms with Crippen LogP contribution >= 0.6 is 0 Å². The van der Waals surface area contributed by atoms with Gasteiger partial charge in [0.25, 0.3) is 0 Å². The van der Waals surface area contributed by atoms with Crippen molar-refractivity contribution in [2.24, 2.45) is 11.8 Å². The van der Waals surface area contributed by atoms with Crippen molar-refractivity contribution < 1.29 is 4.74 Å². The molecule has 2 aromatic rings. The van der Waals surface area contributed by atoms with Crippen LogP contribution in [0.1, 0.15) is 118 Å². The van der Waals surface area contributed by atoms with Crippen molar-refractivity contribution in [1.29, 1.82) is 0 Å². The molecule has 0 saturated carbocycles. The third-order valence-corrected chi connectivity index (χ3v) is 9.92. The molecule has 198 valence electrons. The van der Waals surface area contributed by atoms with E-state index in [0.717, 1.165) is 60.7 Å². The Balaban J connectivity index is 2.14. The fourth-order valence-electron chi connectivity index (χ4n) is 5.69. The lowest BCUT2D eigenvalue weighted by molar-refractivity contribution is 0.334. The molecular weight excluding hydrogens is 438 g/mol. The fourth-order valence-corrected chi connectivity index (χ4v) is 5.69. The molecule has 0 aromatic heterocycles. The van der Waals surface area contributed by atoms with E-state index in [4.69, 9.17) is 4.74 Å². The minimum Gasteiger partial charge on any atom is -0.453 e. The van der Waals surface area contributed by atoms with E-state index >= 15 is 0 Å². The van der Waals surface area contributed by atoms with Gasteiger partial charge in [-0.15, -0.1) is 0 Å². The van der Waals surface area contributed by atoms with E-state index in [0.29, 0.717) is 11.8 Å². The van der Waals surface area contributed by atoms with Gasteiger partial charge in [-0.1, -0.05) is 93.9 Å². The van der Waals surface area contributed by atoms with Gasteiger partial charge in [0.05, 0.1) is 11.4 Å². The van der Waals surface area contributed by atoms with Gasteiger partial charge < -0.3 is 9.64 Å². The number of fused-ring (bicyclic) bond motifs is 2. The van der Waals surface area contributed by atoms with E-state index < -0.39 is 0 Å². The van der Waals surface area contributed by atoms with Gasteiger partial charge in [0.15, 0.2) is 11.5 Å². The molecule has 0 aliphatic carbocycles. The molecule has 2 aromatic carbocycles. The lowest BCUT2D eigenvalue weighted by Gasteiger charge is -2.38. The number of rotatable bonds is 12. The van der Waals surface area contributed by atoms with Gasteiger partial charge in [0.1, 0.15) is 0 Å². The predicted molar refractivity (Wildman–Crippen MR) is 158 cm³/mol. The third-order valence-electron chi connectivity index (χ3n) is 9.92. The highest BCUT2D eigenvalue weighted by atomic mass is 16.5. The van der Waals surface area contributed by atoms with Crippen LogP contribution in [0, 0.1) is 11.8 Å². The van der Waals surface area contributed by atoms with Crippen LogP contribution in [0.3, 0.4) is 0 Å². The second-order valence-electron chi connectivity index (χ2n) is 11.7. The molecule has 1 aliphatic heterocycles. The number of hydrogen-bond acceptors (Lipinski definition) is 2. The van der Waals surface area contributed by atoms with Crippen molar-refractivity contribution in [1.82, 2.24) is 0 Å². The molecule has 1 unspecified atom stereocenters. The Hall–Kier alpha value is -2.22. The lowest BCUT2D eigenvalue weighted by Crippen LogP contribution is -2.25. The summed E-state index contributed by atoms with van der Waals surface area (Å²) in [6.45, 7) is 25.5. The molecule has 3 rings (SSSR count). The quantitative estimate of drug-likeness (QED) is 0.294. The number of hydrogen-bond donors (Lipinski definition) is 0. The second-order valence-corrected chi connectivity index (χ2v) is 11.7. The van der Waals surface area contributed by atoms with Gasteiger partial charge in [-0.3, -0.25) is 0 Å². The van der Waals surface area contributed by atoms with Gasteiger partial charge in [-0.05, 0) is 90.2 Å². The predicted octanol–water partition coefficient (Wildman–Crippen LogP) is 11.1. The van der Waals surface area contributed by atoms with E-state index in [1.54, 1.807) is 0 Å². The molecule has 2 atom stereocenters. The Morgan fingerprint density at radius 2 is 1.22 bits per heavy atom. The van der Waals surface area contributed by atoms with Crippen molar-refractivity contribution in [2.45, 2.75) is 118 Å². The Morgan fingerprint density at radius 3 is 1.58 bits per heavy atom. The van der Waals surface area contributed by atoms with Crippen LogP contribution in [0.5, 0.6) is 11.5 Å². The molecule has 2 nitrogen and oxygen atoms in total. The van der Waals surface area contributed by atoms with Crippen molar-refractivity contribution in [3.8, 4) is 11.5 Å². The Morgan fingerprint density at radius 1 is 0.778 bits per heavy atom. The highest BCUT2D eigenvalue weighted by Crippen LogP contribution is 2.52. The SMILES string of the molecule is C=C(CC(CC)[C@@H](C)CC)N1c2ccc(C(C)(CC)CC)cc2Oc2cc(C(C)(CC)CC)ccc21. The monoisotopic (exact) mass is 489 g/mol. The van der Waals surface area contributed by atoms with E-state index in [9.17, 15) is 0 Å². The topological polar surface area (TPSA) is 12.5 Å². The number of anilines is 2. The maximum Gasteiger partial charge on any atom is 0.151 e. The third kappa shape index (κ3) is 5.24. The molecule has 2 heteroatoms. The molecule has 0 N–H and O–H groups in total. The minimum atomic E-state index is 0.148. The summed E-state index contributed by atoms with van der Waals surface area (Å²) in [6.07, 6.45) is 7.81. The van der Waals surface area contributed by atoms with Gasteiger partial charge >= 0.3 is 0 Å². The zero-order chi connectivity index (χ0) is 26.7. The van der Waals surface area contributed by atoms with Gasteiger partial charge in [0.2, 0.25) is 0 Å². The summed E-state index contributed by atoms with van der Waals surface area (Å²) in [6, 6.07) is 13.7. The summed E-state index contributed by atoms with van der Waals surface area (Å²) in [7, 11) is 0. The molecule has 0 radical (unpaired) electrons. The summed E-state index contributed by atoms with van der Waals surface area (Å²) in [4.78, 5) is 2.39. The minimum absolute atomic E-state index is 0.148. The molecule has 36 heavy (non-hydrogen) atoms. The van der Waals surface area contributed by atoms with Crippen LogP contribution in [0.2, 0.25) is 0 Å². The normalized spacial score (nSPS) is 15.1. The highest BCUT2D eigenvalue weighted by Gasteiger charge is 2.32. The maximum atomic E-state index is 6.72. The van der Waals surface area contributed by atoms with Gasteiger partial charge in [0, 0.05) is 5.70 Å². The summed E-state index contributed by atoms with van der Waals surface area (Å²) in [5.41, 5.74) is 6.40. The van der Waals surface area contributed by atoms with Crippen molar-refractivity contribution in [3.63, 3.8) is 0 Å². The Kier molecular flexibility index (Phi) is 9.02. The Labute approximate surface area is 222 Å². The highest BCUT2D eigenvalue weighted by molar-refractivity contribution is 5.81. The number of benzene rings is 2. The van der Waals surface area contributed by atoms with Crippen LogP contribution in [-0.2, 0) is 10.8 Å². The van der Waals surface area contributed by atoms with Gasteiger partial charge in [-0.2, -0.15) is 0 Å².